The molecule has 0 radical (unpaired) electrons. The molecule has 0 aromatic carbocycles. The van der Waals surface area contributed by atoms with E-state index in [2.05, 4.69) is 30.4 Å². The minimum atomic E-state index is -4.96. The number of aliphatic hydroxyl groups is 1. The van der Waals surface area contributed by atoms with Crippen LogP contribution in [0.5, 0.6) is 0 Å². The molecule has 44 heavy (non-hydrogen) atoms. The Morgan fingerprint density at radius 3 is 2.68 bits per heavy atom. The molecule has 3 aliphatic heterocycles. The van der Waals surface area contributed by atoms with Crippen molar-refractivity contribution in [2.75, 3.05) is 24.7 Å². The quantitative estimate of drug-likeness (QED) is 0.142. The lowest BCUT2D eigenvalue weighted by atomic mass is 10.1. The van der Waals surface area contributed by atoms with Crippen LogP contribution < -0.4 is 17.0 Å². The number of H-pyrrole nitrogens is 1. The number of nitrogen functional groups attached to an aromatic ring is 2. The van der Waals surface area contributed by atoms with Gasteiger partial charge in [-0.1, -0.05) is 5.21 Å². The molecule has 0 aliphatic carbocycles. The number of fused-ring (bicyclic) bond motifs is 5. The highest BCUT2D eigenvalue weighted by atomic mass is 32.2. The Morgan fingerprint density at radius 1 is 1.09 bits per heavy atom. The highest BCUT2D eigenvalue weighted by Gasteiger charge is 2.52. The van der Waals surface area contributed by atoms with Crippen LogP contribution in [0.3, 0.4) is 0 Å². The number of aromatic amines is 1. The van der Waals surface area contributed by atoms with Crippen molar-refractivity contribution in [2.24, 2.45) is 0 Å². The first kappa shape index (κ1) is 29.7. The molecule has 3 aliphatic rings. The lowest BCUT2D eigenvalue weighted by Crippen LogP contribution is -2.35. The van der Waals surface area contributed by atoms with Gasteiger partial charge in [0.25, 0.3) is 5.56 Å². The van der Waals surface area contributed by atoms with E-state index in [-0.39, 0.29) is 23.5 Å². The molecule has 7 heterocycles. The van der Waals surface area contributed by atoms with Gasteiger partial charge in [-0.3, -0.25) is 27.9 Å². The van der Waals surface area contributed by atoms with Gasteiger partial charge in [-0.05, 0) is 6.07 Å². The zero-order valence-electron chi connectivity index (χ0n) is 22.1. The molecular formula is C20H24N10O11P2S. The first-order valence-corrected chi connectivity index (χ1v) is 16.8. The van der Waals surface area contributed by atoms with Crippen LogP contribution in [0.15, 0.2) is 23.3 Å². The van der Waals surface area contributed by atoms with Crippen molar-refractivity contribution in [1.29, 1.82) is 0 Å². The highest BCUT2D eigenvalue weighted by Crippen LogP contribution is 2.56. The lowest BCUT2D eigenvalue weighted by Gasteiger charge is -2.25. The van der Waals surface area contributed by atoms with Crippen molar-refractivity contribution < 1.29 is 46.9 Å². The number of hydrogen-bond acceptors (Lipinski definition) is 17. The predicted molar refractivity (Wildman–Crippen MR) is 148 cm³/mol. The Hall–Kier alpha value is -3.01. The maximum absolute atomic E-state index is 13.2. The largest absolute Gasteiger partial charge is 0.472 e. The summed E-state index contributed by atoms with van der Waals surface area (Å²) >= 11 is 0.900. The number of phosphoric acid groups is 2. The third kappa shape index (κ3) is 5.31. The van der Waals surface area contributed by atoms with E-state index in [0.717, 1.165) is 16.4 Å². The molecule has 7 rings (SSSR count). The summed E-state index contributed by atoms with van der Waals surface area (Å²) in [6, 6.07) is 1.55. The molecule has 2 bridgehead atoms. The molecule has 3 saturated heterocycles. The van der Waals surface area contributed by atoms with Gasteiger partial charge < -0.3 is 31.1 Å². The van der Waals surface area contributed by atoms with Crippen molar-refractivity contribution in [3.05, 3.63) is 34.4 Å². The summed E-state index contributed by atoms with van der Waals surface area (Å²) in [5, 5.41) is 20.8. The third-order valence-electron chi connectivity index (χ3n) is 7.24. The number of nitrogens with zero attached hydrogens (tertiary/aromatic N) is 7. The van der Waals surface area contributed by atoms with Gasteiger partial charge in [0.05, 0.1) is 36.9 Å². The number of aromatic nitrogens is 8. The van der Waals surface area contributed by atoms with Crippen molar-refractivity contribution in [3.63, 3.8) is 0 Å². The molecular weight excluding hydrogens is 650 g/mol. The summed E-state index contributed by atoms with van der Waals surface area (Å²) in [7, 11) is -9.77. The molecule has 0 saturated carbocycles. The summed E-state index contributed by atoms with van der Waals surface area (Å²) in [6.45, 7) is -1.19. The highest BCUT2D eigenvalue weighted by molar-refractivity contribution is 8.00. The monoisotopic (exact) mass is 674 g/mol. The van der Waals surface area contributed by atoms with Gasteiger partial charge in [0.15, 0.2) is 16.8 Å². The predicted octanol–water partition coefficient (Wildman–Crippen LogP) is -0.755. The number of ether oxygens (including phenoxy) is 1. The van der Waals surface area contributed by atoms with Crippen LogP contribution in [-0.2, 0) is 32.0 Å². The Balaban J connectivity index is 1.19. The summed E-state index contributed by atoms with van der Waals surface area (Å²) < 4.78 is 56.1. The molecule has 4 aromatic heterocycles. The van der Waals surface area contributed by atoms with Gasteiger partial charge in [0, 0.05) is 18.2 Å². The van der Waals surface area contributed by atoms with E-state index in [1.807, 2.05) is 0 Å². The van der Waals surface area contributed by atoms with Crippen molar-refractivity contribution in [2.45, 2.75) is 47.6 Å². The number of rotatable bonds is 2. The maximum Gasteiger partial charge on any atom is 0.472 e. The summed E-state index contributed by atoms with van der Waals surface area (Å²) in [4.78, 5) is 44.2. The minimum absolute atomic E-state index is 0.00348. The van der Waals surface area contributed by atoms with E-state index in [0.29, 0.717) is 17.0 Å². The standard InChI is InChI=1S/C20H24N10O11P2S/c21-12-1-2-23-16-7(4-24-29(12)16)8-3-9-10(39-8)5-37-43(35,36)41-15-14(31)11(6-38-42(33,34)40-9)44-19(15)30-17-13(27-28-30)18(32)26-20(22)25-17/h1-2,4,8-11,14-15,19,31H,3,5-6,21H2,(H,33,34)(H,35,36)(H3,22,25,26,32)/t8-,9+,10-,11-,14-,15-,19-/m1/s1. The summed E-state index contributed by atoms with van der Waals surface area (Å²) in [6.07, 6.45) is -3.24. The second kappa shape index (κ2) is 10.8. The number of anilines is 2. The van der Waals surface area contributed by atoms with Gasteiger partial charge in [-0.15, -0.1) is 16.9 Å². The second-order valence-corrected chi connectivity index (χ2v) is 14.2. The van der Waals surface area contributed by atoms with Crippen LogP contribution in [0.1, 0.15) is 23.5 Å². The molecule has 4 aromatic rings. The number of aliphatic hydroxyl groups excluding tert-OH is 1. The number of phosphoric ester groups is 2. The summed E-state index contributed by atoms with van der Waals surface area (Å²) in [5.74, 6) is 0.0577. The van der Waals surface area contributed by atoms with Crippen LogP contribution in [0.4, 0.5) is 11.8 Å². The van der Waals surface area contributed by atoms with Gasteiger partial charge in [-0.2, -0.15) is 14.6 Å². The van der Waals surface area contributed by atoms with Crippen molar-refractivity contribution in [1.82, 2.24) is 39.6 Å². The Bertz CT molecular complexity index is 1900. The fraction of sp³-hybridized carbons (Fsp3) is 0.500. The topological polar surface area (TPSA) is 300 Å². The molecule has 21 nitrogen and oxygen atoms in total. The van der Waals surface area contributed by atoms with E-state index in [1.165, 1.54) is 16.9 Å². The van der Waals surface area contributed by atoms with E-state index in [4.69, 9.17) is 34.3 Å². The SMILES string of the molecule is Nc1nc2c(nnn2[C@@H]2S[C@@H]3COP(=O)(O)O[C@H]4C[C@H](c5cnn6c(N)ccnc56)O[C@@H]4COP(=O)(O)O[C@@H]2[C@@H]3O)c(=O)[nH]1. The summed E-state index contributed by atoms with van der Waals surface area (Å²) in [5.41, 5.74) is 11.5. The molecule has 0 amide bonds. The molecule has 24 heteroatoms. The molecule has 9 atom stereocenters. The molecule has 236 valence electrons. The zero-order valence-corrected chi connectivity index (χ0v) is 24.7. The van der Waals surface area contributed by atoms with Gasteiger partial charge in [-0.25, -0.2) is 18.8 Å². The van der Waals surface area contributed by atoms with Crippen LogP contribution in [0.2, 0.25) is 0 Å². The fourth-order valence-electron chi connectivity index (χ4n) is 5.25. The molecule has 8 N–H and O–H groups in total. The smallest absolute Gasteiger partial charge is 0.389 e. The molecule has 0 spiro atoms. The van der Waals surface area contributed by atoms with E-state index >= 15 is 0 Å². The average molecular weight is 674 g/mol. The second-order valence-electron chi connectivity index (χ2n) is 10.1. The van der Waals surface area contributed by atoms with Gasteiger partial charge >= 0.3 is 15.6 Å². The zero-order chi connectivity index (χ0) is 31.0. The first-order valence-electron chi connectivity index (χ1n) is 12.9. The number of nitrogens with two attached hydrogens (primary N) is 2. The normalized spacial score (nSPS) is 36.6. The lowest BCUT2D eigenvalue weighted by molar-refractivity contribution is -0.0317. The Kier molecular flexibility index (Phi) is 7.29. The van der Waals surface area contributed by atoms with Crippen LogP contribution in [0.25, 0.3) is 16.8 Å². The molecule has 3 fully saturated rings. The van der Waals surface area contributed by atoms with Gasteiger partial charge in [0.1, 0.15) is 29.5 Å². The minimum Gasteiger partial charge on any atom is -0.389 e. The van der Waals surface area contributed by atoms with Crippen molar-refractivity contribution >= 4 is 56.0 Å². The van der Waals surface area contributed by atoms with Crippen LogP contribution in [0, 0.1) is 0 Å². The average Bonchev–Trinajstić information content (AvgIpc) is 3.72. The van der Waals surface area contributed by atoms with Crippen LogP contribution >= 0.6 is 27.4 Å². The van der Waals surface area contributed by atoms with E-state index in [9.17, 15) is 28.8 Å². The number of thioether (sulfide) groups is 1. The van der Waals surface area contributed by atoms with Crippen LogP contribution in [-0.4, -0.2) is 97.3 Å². The Morgan fingerprint density at radius 2 is 1.86 bits per heavy atom. The van der Waals surface area contributed by atoms with Crippen molar-refractivity contribution in [3.8, 4) is 0 Å². The third-order valence-corrected chi connectivity index (χ3v) is 10.7. The van der Waals surface area contributed by atoms with E-state index < -0.39 is 75.6 Å². The van der Waals surface area contributed by atoms with Gasteiger partial charge in [0.2, 0.25) is 5.95 Å². The fourth-order valence-corrected chi connectivity index (χ4v) is 8.80. The first-order chi connectivity index (χ1) is 20.9. The maximum atomic E-state index is 13.2. The number of nitrogens with one attached hydrogen (secondary N) is 1. The Labute approximate surface area is 249 Å². The molecule has 2 unspecified atom stereocenters. The number of hydrogen-bond donors (Lipinski definition) is 6. The van der Waals surface area contributed by atoms with E-state index in [1.54, 1.807) is 6.07 Å².